The SMILES string of the molecule is CC1CCC2(CC1)Cc1ccccc1C(C)C2. The second-order valence-corrected chi connectivity index (χ2v) is 6.66. The molecule has 1 spiro atoms. The average molecular weight is 228 g/mol. The van der Waals surface area contributed by atoms with E-state index in [-0.39, 0.29) is 0 Å². The summed E-state index contributed by atoms with van der Waals surface area (Å²) in [4.78, 5) is 0. The molecule has 1 atom stereocenters. The summed E-state index contributed by atoms with van der Waals surface area (Å²) in [6.45, 7) is 4.85. The highest BCUT2D eigenvalue weighted by atomic mass is 14.4. The summed E-state index contributed by atoms with van der Waals surface area (Å²) in [5.41, 5.74) is 3.91. The molecule has 1 unspecified atom stereocenters. The summed E-state index contributed by atoms with van der Waals surface area (Å²) in [5.74, 6) is 1.74. The molecule has 0 radical (unpaired) electrons. The van der Waals surface area contributed by atoms with Crippen molar-refractivity contribution in [2.24, 2.45) is 11.3 Å². The minimum Gasteiger partial charge on any atom is -0.0625 e. The predicted octanol–water partition coefficient (Wildman–Crippen LogP) is 4.93. The molecule has 0 amide bonds. The lowest BCUT2D eigenvalue weighted by molar-refractivity contribution is 0.123. The van der Waals surface area contributed by atoms with Crippen LogP contribution in [0, 0.1) is 11.3 Å². The number of benzene rings is 1. The van der Waals surface area contributed by atoms with Gasteiger partial charge in [-0.2, -0.15) is 0 Å². The van der Waals surface area contributed by atoms with Crippen LogP contribution in [-0.4, -0.2) is 0 Å². The zero-order chi connectivity index (χ0) is 11.9. The molecular weight excluding hydrogens is 204 g/mol. The van der Waals surface area contributed by atoms with Crippen molar-refractivity contribution < 1.29 is 0 Å². The summed E-state index contributed by atoms with van der Waals surface area (Å²) < 4.78 is 0. The minimum absolute atomic E-state index is 0.653. The Labute approximate surface area is 105 Å². The minimum atomic E-state index is 0.653. The van der Waals surface area contributed by atoms with Gasteiger partial charge in [-0.15, -0.1) is 0 Å². The average Bonchev–Trinajstić information content (AvgIpc) is 2.34. The molecule has 0 aromatic heterocycles. The smallest absolute Gasteiger partial charge is 0.0182 e. The van der Waals surface area contributed by atoms with Crippen LogP contribution in [0.4, 0.5) is 0 Å². The molecule has 0 nitrogen and oxygen atoms in total. The van der Waals surface area contributed by atoms with E-state index in [1.165, 1.54) is 38.5 Å². The van der Waals surface area contributed by atoms with Crippen molar-refractivity contribution in [3.8, 4) is 0 Å². The molecule has 2 aliphatic carbocycles. The van der Waals surface area contributed by atoms with E-state index >= 15 is 0 Å². The van der Waals surface area contributed by atoms with Crippen molar-refractivity contribution >= 4 is 0 Å². The van der Waals surface area contributed by atoms with E-state index in [0.29, 0.717) is 5.41 Å². The number of hydrogen-bond donors (Lipinski definition) is 0. The lowest BCUT2D eigenvalue weighted by Crippen LogP contribution is -2.34. The van der Waals surface area contributed by atoms with Crippen LogP contribution in [0.3, 0.4) is 0 Å². The Balaban J connectivity index is 1.88. The van der Waals surface area contributed by atoms with E-state index < -0.39 is 0 Å². The second-order valence-electron chi connectivity index (χ2n) is 6.66. The van der Waals surface area contributed by atoms with Crippen LogP contribution in [0.15, 0.2) is 24.3 Å². The molecule has 0 bridgehead atoms. The van der Waals surface area contributed by atoms with Crippen molar-refractivity contribution in [2.45, 2.75) is 58.3 Å². The van der Waals surface area contributed by atoms with Crippen LogP contribution < -0.4 is 0 Å². The summed E-state index contributed by atoms with van der Waals surface area (Å²) >= 11 is 0. The molecule has 2 aliphatic rings. The maximum atomic E-state index is 2.43. The van der Waals surface area contributed by atoms with E-state index in [9.17, 15) is 0 Å². The first kappa shape index (κ1) is 11.3. The predicted molar refractivity (Wildman–Crippen MR) is 73.2 cm³/mol. The maximum Gasteiger partial charge on any atom is -0.0182 e. The third-order valence-corrected chi connectivity index (χ3v) is 5.23. The Morgan fingerprint density at radius 2 is 1.76 bits per heavy atom. The summed E-state index contributed by atoms with van der Waals surface area (Å²) in [5, 5.41) is 0. The largest absolute Gasteiger partial charge is 0.0625 e. The molecule has 1 aromatic rings. The zero-order valence-electron chi connectivity index (χ0n) is 11.2. The fraction of sp³-hybridized carbons (Fsp3) is 0.647. The number of rotatable bonds is 0. The van der Waals surface area contributed by atoms with Crippen LogP contribution in [0.2, 0.25) is 0 Å². The highest BCUT2D eigenvalue weighted by molar-refractivity contribution is 5.34. The summed E-state index contributed by atoms with van der Waals surface area (Å²) in [6, 6.07) is 9.13. The first-order chi connectivity index (χ1) is 8.19. The Morgan fingerprint density at radius 1 is 1.06 bits per heavy atom. The van der Waals surface area contributed by atoms with Crippen molar-refractivity contribution in [1.29, 1.82) is 0 Å². The first-order valence-electron chi connectivity index (χ1n) is 7.26. The second kappa shape index (κ2) is 4.15. The molecule has 1 fully saturated rings. The van der Waals surface area contributed by atoms with Gasteiger partial charge in [0.1, 0.15) is 0 Å². The molecular formula is C17H24. The highest BCUT2D eigenvalue weighted by Gasteiger charge is 2.39. The van der Waals surface area contributed by atoms with Crippen LogP contribution in [0.1, 0.15) is 63.0 Å². The topological polar surface area (TPSA) is 0 Å². The van der Waals surface area contributed by atoms with Gasteiger partial charge in [0.15, 0.2) is 0 Å². The lowest BCUT2D eigenvalue weighted by atomic mass is 9.60. The van der Waals surface area contributed by atoms with E-state index in [1.54, 1.807) is 11.1 Å². The number of hydrogen-bond acceptors (Lipinski definition) is 0. The fourth-order valence-electron chi connectivity index (χ4n) is 4.17. The molecule has 92 valence electrons. The Bertz CT molecular complexity index is 396. The van der Waals surface area contributed by atoms with E-state index in [2.05, 4.69) is 38.1 Å². The molecule has 3 rings (SSSR count). The quantitative estimate of drug-likeness (QED) is 0.590. The highest BCUT2D eigenvalue weighted by Crippen LogP contribution is 2.51. The van der Waals surface area contributed by atoms with Crippen molar-refractivity contribution in [3.05, 3.63) is 35.4 Å². The third-order valence-electron chi connectivity index (χ3n) is 5.23. The Kier molecular flexibility index (Phi) is 2.77. The fourth-order valence-corrected chi connectivity index (χ4v) is 4.17. The molecule has 0 aliphatic heterocycles. The van der Waals surface area contributed by atoms with Gasteiger partial charge in [-0.25, -0.2) is 0 Å². The van der Waals surface area contributed by atoms with E-state index in [1.807, 2.05) is 0 Å². The monoisotopic (exact) mass is 228 g/mol. The molecule has 0 saturated heterocycles. The van der Waals surface area contributed by atoms with Gasteiger partial charge in [-0.3, -0.25) is 0 Å². The van der Waals surface area contributed by atoms with Gasteiger partial charge >= 0.3 is 0 Å². The van der Waals surface area contributed by atoms with Crippen LogP contribution in [-0.2, 0) is 6.42 Å². The first-order valence-corrected chi connectivity index (χ1v) is 7.26. The number of fused-ring (bicyclic) bond motifs is 1. The van der Waals surface area contributed by atoms with Gasteiger partial charge in [-0.1, -0.05) is 51.0 Å². The standard InChI is InChI=1S/C17H24/c1-13-7-9-17(10-8-13)11-14(2)16-6-4-3-5-15(16)12-17/h3-6,13-14H,7-12H2,1-2H3. The Hall–Kier alpha value is -0.780. The van der Waals surface area contributed by atoms with Crippen molar-refractivity contribution in [3.63, 3.8) is 0 Å². The van der Waals surface area contributed by atoms with Gasteiger partial charge in [0, 0.05) is 0 Å². The van der Waals surface area contributed by atoms with Crippen molar-refractivity contribution in [2.75, 3.05) is 0 Å². The summed E-state index contributed by atoms with van der Waals surface area (Å²) in [7, 11) is 0. The molecule has 0 heterocycles. The van der Waals surface area contributed by atoms with E-state index in [4.69, 9.17) is 0 Å². The van der Waals surface area contributed by atoms with Crippen LogP contribution >= 0.6 is 0 Å². The maximum absolute atomic E-state index is 2.43. The van der Waals surface area contributed by atoms with Gasteiger partial charge in [0.25, 0.3) is 0 Å². The van der Waals surface area contributed by atoms with Gasteiger partial charge < -0.3 is 0 Å². The molecule has 1 saturated carbocycles. The molecule has 17 heavy (non-hydrogen) atoms. The molecule has 1 aromatic carbocycles. The van der Waals surface area contributed by atoms with Crippen LogP contribution in [0.25, 0.3) is 0 Å². The van der Waals surface area contributed by atoms with Gasteiger partial charge in [0.2, 0.25) is 0 Å². The third kappa shape index (κ3) is 2.03. The van der Waals surface area contributed by atoms with E-state index in [0.717, 1.165) is 11.8 Å². The molecule has 0 N–H and O–H groups in total. The summed E-state index contributed by atoms with van der Waals surface area (Å²) in [6.07, 6.45) is 8.61. The molecule has 0 heteroatoms. The normalized spacial score (nSPS) is 36.8. The zero-order valence-corrected chi connectivity index (χ0v) is 11.2. The van der Waals surface area contributed by atoms with Crippen molar-refractivity contribution in [1.82, 2.24) is 0 Å². The Morgan fingerprint density at radius 3 is 2.53 bits per heavy atom. The van der Waals surface area contributed by atoms with Crippen LogP contribution in [0.5, 0.6) is 0 Å². The van der Waals surface area contributed by atoms with Gasteiger partial charge in [0.05, 0.1) is 0 Å². The van der Waals surface area contributed by atoms with Gasteiger partial charge in [-0.05, 0) is 54.1 Å². The lowest BCUT2D eigenvalue weighted by Gasteiger charge is -2.45.